The number of para-hydroxylation sites is 1. The standard InChI is InChI=1S/C12H12F2N4S/c13-12(14)19-9-4-2-1-3-8(9)17-10-6-5-7(15)11(16)18-10/h1-6,12H,15H2,(H3,16,17,18). The largest absolute Gasteiger partial charge is 0.396 e. The molecule has 0 atom stereocenters. The topological polar surface area (TPSA) is 77.0 Å². The van der Waals surface area contributed by atoms with E-state index in [1.807, 2.05) is 0 Å². The molecule has 0 bridgehead atoms. The van der Waals surface area contributed by atoms with Gasteiger partial charge in [0.15, 0.2) is 0 Å². The summed E-state index contributed by atoms with van der Waals surface area (Å²) < 4.78 is 24.9. The van der Waals surface area contributed by atoms with Gasteiger partial charge in [0, 0.05) is 4.90 Å². The molecule has 2 rings (SSSR count). The molecular formula is C12H12F2N4S. The van der Waals surface area contributed by atoms with Crippen LogP contribution in [0.15, 0.2) is 41.3 Å². The SMILES string of the molecule is Nc1ccc(Nc2ccccc2SC(F)F)nc1N. The lowest BCUT2D eigenvalue weighted by molar-refractivity contribution is 0.252. The maximum atomic E-state index is 12.4. The highest BCUT2D eigenvalue weighted by Crippen LogP contribution is 2.33. The zero-order chi connectivity index (χ0) is 13.8. The molecule has 2 aromatic rings. The number of nitrogens with zero attached hydrogens (tertiary/aromatic N) is 1. The van der Waals surface area contributed by atoms with Crippen molar-refractivity contribution in [1.82, 2.24) is 4.98 Å². The molecular weight excluding hydrogens is 270 g/mol. The molecule has 1 aromatic heterocycles. The summed E-state index contributed by atoms with van der Waals surface area (Å²) in [6.45, 7) is 0. The van der Waals surface area contributed by atoms with Gasteiger partial charge in [-0.05, 0) is 24.3 Å². The summed E-state index contributed by atoms with van der Waals surface area (Å²) in [5.41, 5.74) is 12.1. The number of aromatic nitrogens is 1. The van der Waals surface area contributed by atoms with Crippen LogP contribution in [0.4, 0.5) is 31.8 Å². The maximum absolute atomic E-state index is 12.4. The van der Waals surface area contributed by atoms with Crippen molar-refractivity contribution < 1.29 is 8.78 Å². The average molecular weight is 282 g/mol. The minimum Gasteiger partial charge on any atom is -0.396 e. The highest BCUT2D eigenvalue weighted by Gasteiger charge is 2.10. The first kappa shape index (κ1) is 13.4. The van der Waals surface area contributed by atoms with Crippen molar-refractivity contribution in [2.45, 2.75) is 10.7 Å². The quantitative estimate of drug-likeness (QED) is 0.750. The monoisotopic (exact) mass is 282 g/mol. The number of anilines is 4. The number of hydrogen-bond acceptors (Lipinski definition) is 5. The van der Waals surface area contributed by atoms with Crippen LogP contribution in [-0.4, -0.2) is 10.7 Å². The molecule has 4 nitrogen and oxygen atoms in total. The molecule has 100 valence electrons. The van der Waals surface area contributed by atoms with Crippen LogP contribution in [0, 0.1) is 0 Å². The molecule has 0 saturated heterocycles. The number of hydrogen-bond donors (Lipinski definition) is 3. The number of thioether (sulfide) groups is 1. The Hall–Kier alpha value is -2.02. The number of nitrogens with two attached hydrogens (primary N) is 2. The first-order valence-corrected chi connectivity index (χ1v) is 6.27. The highest BCUT2D eigenvalue weighted by atomic mass is 32.2. The Morgan fingerprint density at radius 3 is 2.53 bits per heavy atom. The van der Waals surface area contributed by atoms with Gasteiger partial charge in [0.25, 0.3) is 5.76 Å². The minimum absolute atomic E-state index is 0.198. The van der Waals surface area contributed by atoms with Gasteiger partial charge >= 0.3 is 0 Å². The Bertz CT molecular complexity index is 577. The summed E-state index contributed by atoms with van der Waals surface area (Å²) in [5.74, 6) is -1.83. The smallest absolute Gasteiger partial charge is 0.288 e. The molecule has 1 heterocycles. The van der Waals surface area contributed by atoms with E-state index >= 15 is 0 Å². The molecule has 0 spiro atoms. The van der Waals surface area contributed by atoms with E-state index in [0.29, 0.717) is 33.9 Å². The number of benzene rings is 1. The van der Waals surface area contributed by atoms with E-state index < -0.39 is 5.76 Å². The number of pyridine rings is 1. The van der Waals surface area contributed by atoms with Gasteiger partial charge in [-0.1, -0.05) is 23.9 Å². The predicted octanol–water partition coefficient (Wildman–Crippen LogP) is 3.30. The highest BCUT2D eigenvalue weighted by molar-refractivity contribution is 7.99. The van der Waals surface area contributed by atoms with Gasteiger partial charge in [-0.15, -0.1) is 0 Å². The van der Waals surface area contributed by atoms with Crippen molar-refractivity contribution in [2.75, 3.05) is 16.8 Å². The van der Waals surface area contributed by atoms with Crippen molar-refractivity contribution in [3.05, 3.63) is 36.4 Å². The molecule has 0 aliphatic heterocycles. The molecule has 0 aliphatic carbocycles. The molecule has 0 aliphatic rings. The fourth-order valence-electron chi connectivity index (χ4n) is 1.46. The average Bonchev–Trinajstić information content (AvgIpc) is 2.36. The van der Waals surface area contributed by atoms with E-state index in [1.54, 1.807) is 36.4 Å². The van der Waals surface area contributed by atoms with Crippen molar-refractivity contribution >= 4 is 34.8 Å². The molecule has 5 N–H and O–H groups in total. The number of halogens is 2. The number of nitrogen functional groups attached to an aromatic ring is 2. The van der Waals surface area contributed by atoms with Crippen LogP contribution >= 0.6 is 11.8 Å². The van der Waals surface area contributed by atoms with Crippen LogP contribution in [0.25, 0.3) is 0 Å². The lowest BCUT2D eigenvalue weighted by Crippen LogP contribution is -2.01. The Morgan fingerprint density at radius 1 is 1.11 bits per heavy atom. The first-order chi connectivity index (χ1) is 9.06. The van der Waals surface area contributed by atoms with E-state index in [4.69, 9.17) is 11.5 Å². The van der Waals surface area contributed by atoms with Crippen LogP contribution < -0.4 is 16.8 Å². The molecule has 0 amide bonds. The third-order valence-corrected chi connectivity index (χ3v) is 3.11. The predicted molar refractivity (Wildman–Crippen MR) is 74.6 cm³/mol. The number of rotatable bonds is 4. The lowest BCUT2D eigenvalue weighted by Gasteiger charge is -2.11. The maximum Gasteiger partial charge on any atom is 0.288 e. The van der Waals surface area contributed by atoms with Crippen molar-refractivity contribution in [1.29, 1.82) is 0 Å². The van der Waals surface area contributed by atoms with E-state index in [-0.39, 0.29) is 5.82 Å². The summed E-state index contributed by atoms with van der Waals surface area (Å²) in [7, 11) is 0. The Kier molecular flexibility index (Phi) is 4.06. The van der Waals surface area contributed by atoms with E-state index in [9.17, 15) is 8.78 Å². The van der Waals surface area contributed by atoms with Gasteiger partial charge in [-0.25, -0.2) is 4.98 Å². The Labute approximate surface area is 113 Å². The van der Waals surface area contributed by atoms with Crippen LogP contribution in [0.3, 0.4) is 0 Å². The molecule has 0 saturated carbocycles. The normalized spacial score (nSPS) is 10.7. The van der Waals surface area contributed by atoms with E-state index in [1.165, 1.54) is 0 Å². The molecule has 0 unspecified atom stereocenters. The molecule has 0 radical (unpaired) electrons. The first-order valence-electron chi connectivity index (χ1n) is 5.39. The molecule has 7 heteroatoms. The number of nitrogens with one attached hydrogen (secondary N) is 1. The van der Waals surface area contributed by atoms with Crippen LogP contribution in [0.1, 0.15) is 0 Å². The molecule has 19 heavy (non-hydrogen) atoms. The van der Waals surface area contributed by atoms with Crippen molar-refractivity contribution in [3.63, 3.8) is 0 Å². The number of alkyl halides is 2. The van der Waals surface area contributed by atoms with Gasteiger partial charge in [0.2, 0.25) is 0 Å². The third kappa shape index (κ3) is 3.47. The fraction of sp³-hybridized carbons (Fsp3) is 0.0833. The zero-order valence-corrected chi connectivity index (χ0v) is 10.6. The van der Waals surface area contributed by atoms with Crippen molar-refractivity contribution in [2.24, 2.45) is 0 Å². The zero-order valence-electron chi connectivity index (χ0n) is 9.81. The van der Waals surface area contributed by atoms with Gasteiger partial charge < -0.3 is 16.8 Å². The Balaban J connectivity index is 2.25. The van der Waals surface area contributed by atoms with E-state index in [2.05, 4.69) is 10.3 Å². The van der Waals surface area contributed by atoms with Crippen molar-refractivity contribution in [3.8, 4) is 0 Å². The summed E-state index contributed by atoms with van der Waals surface area (Å²) in [6.07, 6.45) is 0. The summed E-state index contributed by atoms with van der Waals surface area (Å²) in [6, 6.07) is 9.99. The Morgan fingerprint density at radius 2 is 1.84 bits per heavy atom. The second kappa shape index (κ2) is 5.75. The van der Waals surface area contributed by atoms with Gasteiger partial charge in [0.1, 0.15) is 11.6 Å². The van der Waals surface area contributed by atoms with Gasteiger partial charge in [0.05, 0.1) is 11.4 Å². The van der Waals surface area contributed by atoms with Crippen LogP contribution in [0.5, 0.6) is 0 Å². The van der Waals surface area contributed by atoms with Crippen LogP contribution in [-0.2, 0) is 0 Å². The fourth-order valence-corrected chi connectivity index (χ4v) is 2.06. The summed E-state index contributed by atoms with van der Waals surface area (Å²) >= 11 is 0.472. The van der Waals surface area contributed by atoms with Gasteiger partial charge in [-0.3, -0.25) is 0 Å². The van der Waals surface area contributed by atoms with Gasteiger partial charge in [-0.2, -0.15) is 8.78 Å². The lowest BCUT2D eigenvalue weighted by atomic mass is 10.3. The molecule has 1 aromatic carbocycles. The third-order valence-electron chi connectivity index (χ3n) is 2.32. The minimum atomic E-state index is -2.48. The van der Waals surface area contributed by atoms with Crippen LogP contribution in [0.2, 0.25) is 0 Å². The second-order valence-electron chi connectivity index (χ2n) is 3.67. The summed E-state index contributed by atoms with van der Waals surface area (Å²) in [5, 5.41) is 2.95. The van der Waals surface area contributed by atoms with E-state index in [0.717, 1.165) is 0 Å². The second-order valence-corrected chi connectivity index (χ2v) is 4.70. The summed E-state index contributed by atoms with van der Waals surface area (Å²) in [4.78, 5) is 4.47. The molecule has 0 fully saturated rings.